The molecular weight excluding hydrogens is 268 g/mol. The van der Waals surface area contributed by atoms with Crippen LogP contribution in [-0.4, -0.2) is 64.9 Å². The average Bonchev–Trinajstić information content (AvgIpc) is 2.84. The van der Waals surface area contributed by atoms with E-state index in [2.05, 4.69) is 10.2 Å². The van der Waals surface area contributed by atoms with E-state index in [0.717, 1.165) is 18.7 Å². The van der Waals surface area contributed by atoms with Crippen LogP contribution in [0, 0.1) is 0 Å². The van der Waals surface area contributed by atoms with Crippen molar-refractivity contribution in [2.45, 2.75) is 19.9 Å². The molecule has 6 nitrogen and oxygen atoms in total. The quantitative estimate of drug-likeness (QED) is 0.869. The molecule has 0 saturated carbocycles. The van der Waals surface area contributed by atoms with Crippen LogP contribution in [0.25, 0.3) is 0 Å². The number of amides is 2. The van der Waals surface area contributed by atoms with Crippen molar-refractivity contribution in [3.63, 3.8) is 0 Å². The third-order valence-corrected chi connectivity index (χ3v) is 3.56. The molecule has 1 fully saturated rings. The molecule has 1 aromatic heterocycles. The highest BCUT2D eigenvalue weighted by atomic mass is 16.2. The lowest BCUT2D eigenvalue weighted by Crippen LogP contribution is -2.51. The van der Waals surface area contributed by atoms with Crippen LogP contribution >= 0.6 is 0 Å². The maximum atomic E-state index is 12.3. The van der Waals surface area contributed by atoms with Gasteiger partial charge in [0.1, 0.15) is 0 Å². The van der Waals surface area contributed by atoms with E-state index in [1.165, 1.54) is 0 Å². The molecule has 0 atom stereocenters. The summed E-state index contributed by atoms with van der Waals surface area (Å²) in [5, 5.41) is 2.89. The second-order valence-corrected chi connectivity index (χ2v) is 5.86. The first-order valence-corrected chi connectivity index (χ1v) is 7.38. The van der Waals surface area contributed by atoms with E-state index in [0.29, 0.717) is 19.6 Å². The van der Waals surface area contributed by atoms with Crippen molar-refractivity contribution in [3.05, 3.63) is 24.0 Å². The molecule has 2 amide bonds. The van der Waals surface area contributed by atoms with E-state index in [1.54, 1.807) is 0 Å². The van der Waals surface area contributed by atoms with Crippen molar-refractivity contribution >= 4 is 11.8 Å². The summed E-state index contributed by atoms with van der Waals surface area (Å²) in [5.41, 5.74) is 0.725. The van der Waals surface area contributed by atoms with Gasteiger partial charge in [-0.05, 0) is 19.9 Å². The third-order valence-electron chi connectivity index (χ3n) is 3.56. The fourth-order valence-corrected chi connectivity index (χ4v) is 2.49. The van der Waals surface area contributed by atoms with Crippen molar-refractivity contribution in [3.8, 4) is 0 Å². The van der Waals surface area contributed by atoms with Crippen molar-refractivity contribution in [1.82, 2.24) is 19.7 Å². The normalized spacial score (nSPS) is 16.3. The van der Waals surface area contributed by atoms with Crippen LogP contribution in [0.3, 0.4) is 0 Å². The summed E-state index contributed by atoms with van der Waals surface area (Å²) < 4.78 is 1.87. The maximum Gasteiger partial charge on any atom is 0.255 e. The SMILES string of the molecule is CC(C)NC(=O)CN1CCN(C(=O)c2ccn(C)c2)CC1. The Balaban J connectivity index is 1.80. The first kappa shape index (κ1) is 15.6. The summed E-state index contributed by atoms with van der Waals surface area (Å²) in [6, 6.07) is 2.00. The van der Waals surface area contributed by atoms with Crippen LogP contribution in [0.2, 0.25) is 0 Å². The Morgan fingerprint density at radius 2 is 1.90 bits per heavy atom. The molecule has 2 rings (SSSR count). The zero-order valence-electron chi connectivity index (χ0n) is 13.0. The zero-order chi connectivity index (χ0) is 15.4. The minimum Gasteiger partial charge on any atom is -0.356 e. The van der Waals surface area contributed by atoms with Crippen LogP contribution in [0.5, 0.6) is 0 Å². The van der Waals surface area contributed by atoms with Crippen LogP contribution < -0.4 is 5.32 Å². The van der Waals surface area contributed by atoms with Crippen molar-refractivity contribution in [2.75, 3.05) is 32.7 Å². The van der Waals surface area contributed by atoms with E-state index in [9.17, 15) is 9.59 Å². The number of aromatic nitrogens is 1. The van der Waals surface area contributed by atoms with Gasteiger partial charge in [0.15, 0.2) is 0 Å². The van der Waals surface area contributed by atoms with Crippen LogP contribution in [0.15, 0.2) is 18.5 Å². The van der Waals surface area contributed by atoms with Gasteiger partial charge in [0, 0.05) is 51.7 Å². The summed E-state index contributed by atoms with van der Waals surface area (Å²) in [7, 11) is 1.90. The van der Waals surface area contributed by atoms with Crippen LogP contribution in [0.1, 0.15) is 24.2 Å². The summed E-state index contributed by atoms with van der Waals surface area (Å²) >= 11 is 0. The van der Waals surface area contributed by atoms with Crippen LogP contribution in [-0.2, 0) is 11.8 Å². The largest absolute Gasteiger partial charge is 0.356 e. The molecule has 116 valence electrons. The molecular formula is C15H24N4O2. The molecule has 0 aromatic carbocycles. The van der Waals surface area contributed by atoms with E-state index in [1.807, 2.05) is 48.8 Å². The minimum absolute atomic E-state index is 0.0489. The van der Waals surface area contributed by atoms with Gasteiger partial charge in [-0.2, -0.15) is 0 Å². The molecule has 0 radical (unpaired) electrons. The van der Waals surface area contributed by atoms with Crippen molar-refractivity contribution in [1.29, 1.82) is 0 Å². The highest BCUT2D eigenvalue weighted by molar-refractivity contribution is 5.94. The van der Waals surface area contributed by atoms with Gasteiger partial charge in [0.25, 0.3) is 5.91 Å². The van der Waals surface area contributed by atoms with Gasteiger partial charge in [-0.25, -0.2) is 0 Å². The van der Waals surface area contributed by atoms with Crippen molar-refractivity contribution in [2.24, 2.45) is 7.05 Å². The molecule has 0 bridgehead atoms. The molecule has 1 N–H and O–H groups in total. The fraction of sp³-hybridized carbons (Fsp3) is 0.600. The molecule has 6 heteroatoms. The van der Waals surface area contributed by atoms with Gasteiger partial charge in [-0.15, -0.1) is 0 Å². The van der Waals surface area contributed by atoms with Crippen LogP contribution in [0.4, 0.5) is 0 Å². The Hall–Kier alpha value is -1.82. The van der Waals surface area contributed by atoms with Gasteiger partial charge in [0.2, 0.25) is 5.91 Å². The standard InChI is InChI=1S/C15H24N4O2/c1-12(2)16-14(20)11-18-6-8-19(9-7-18)15(21)13-4-5-17(3)10-13/h4-5,10,12H,6-9,11H2,1-3H3,(H,16,20). The molecule has 1 aliphatic rings. The second-order valence-electron chi connectivity index (χ2n) is 5.86. The number of carbonyl (C=O) groups excluding carboxylic acids is 2. The molecule has 0 aliphatic carbocycles. The summed E-state index contributed by atoms with van der Waals surface area (Å²) in [5.74, 6) is 0.120. The number of aryl methyl sites for hydroxylation is 1. The first-order valence-electron chi connectivity index (χ1n) is 7.38. The lowest BCUT2D eigenvalue weighted by atomic mass is 10.2. The molecule has 1 aliphatic heterocycles. The van der Waals surface area contributed by atoms with E-state index < -0.39 is 0 Å². The summed E-state index contributed by atoms with van der Waals surface area (Å²) in [4.78, 5) is 28.0. The molecule has 1 saturated heterocycles. The smallest absolute Gasteiger partial charge is 0.255 e. The molecule has 0 spiro atoms. The molecule has 21 heavy (non-hydrogen) atoms. The summed E-state index contributed by atoms with van der Waals surface area (Å²) in [6.07, 6.45) is 3.71. The second kappa shape index (κ2) is 6.76. The first-order chi connectivity index (χ1) is 9.95. The van der Waals surface area contributed by atoms with Gasteiger partial charge in [-0.1, -0.05) is 0 Å². The van der Waals surface area contributed by atoms with E-state index in [-0.39, 0.29) is 17.9 Å². The summed E-state index contributed by atoms with van der Waals surface area (Å²) in [6.45, 7) is 7.13. The average molecular weight is 292 g/mol. The number of piperazine rings is 1. The van der Waals surface area contributed by atoms with E-state index >= 15 is 0 Å². The number of nitrogens with zero attached hydrogens (tertiary/aromatic N) is 3. The predicted molar refractivity (Wildman–Crippen MR) is 81.0 cm³/mol. The van der Waals surface area contributed by atoms with Gasteiger partial charge >= 0.3 is 0 Å². The Morgan fingerprint density at radius 3 is 2.43 bits per heavy atom. The predicted octanol–water partition coefficient (Wildman–Crippen LogP) is 0.308. The Labute approximate surface area is 125 Å². The van der Waals surface area contributed by atoms with Gasteiger partial charge in [-0.3, -0.25) is 14.5 Å². The maximum absolute atomic E-state index is 12.3. The molecule has 0 unspecified atom stereocenters. The van der Waals surface area contributed by atoms with E-state index in [4.69, 9.17) is 0 Å². The third kappa shape index (κ3) is 4.32. The lowest BCUT2D eigenvalue weighted by Gasteiger charge is -2.34. The van der Waals surface area contributed by atoms with Gasteiger partial charge in [0.05, 0.1) is 12.1 Å². The highest BCUT2D eigenvalue weighted by Crippen LogP contribution is 2.09. The number of hydrogen-bond acceptors (Lipinski definition) is 3. The molecule has 2 heterocycles. The van der Waals surface area contributed by atoms with Gasteiger partial charge < -0.3 is 14.8 Å². The number of rotatable bonds is 4. The Kier molecular flexibility index (Phi) is 5.01. The minimum atomic E-state index is 0.0489. The molecule has 1 aromatic rings. The fourth-order valence-electron chi connectivity index (χ4n) is 2.49. The Bertz CT molecular complexity index is 502. The number of hydrogen-bond donors (Lipinski definition) is 1. The number of nitrogens with one attached hydrogen (secondary N) is 1. The lowest BCUT2D eigenvalue weighted by molar-refractivity contribution is -0.123. The topological polar surface area (TPSA) is 57.6 Å². The zero-order valence-corrected chi connectivity index (χ0v) is 13.0. The van der Waals surface area contributed by atoms with Crippen molar-refractivity contribution < 1.29 is 9.59 Å². The number of carbonyl (C=O) groups is 2. The highest BCUT2D eigenvalue weighted by Gasteiger charge is 2.23. The monoisotopic (exact) mass is 292 g/mol. The Morgan fingerprint density at radius 1 is 1.24 bits per heavy atom.